The lowest BCUT2D eigenvalue weighted by Gasteiger charge is -2.08. The van der Waals surface area contributed by atoms with Gasteiger partial charge in [-0.2, -0.15) is 0 Å². The lowest BCUT2D eigenvalue weighted by molar-refractivity contribution is -0.123. The quantitative estimate of drug-likeness (QED) is 0.776. The van der Waals surface area contributed by atoms with Gasteiger partial charge in [-0.15, -0.1) is 0 Å². The molecule has 2 aromatic rings. The van der Waals surface area contributed by atoms with Crippen molar-refractivity contribution < 1.29 is 18.7 Å². The molecule has 0 aliphatic heterocycles. The molecule has 1 aromatic carbocycles. The minimum Gasteiger partial charge on any atom is -0.484 e. The average molecular weight is 328 g/mol. The first-order valence-corrected chi connectivity index (χ1v) is 8.02. The number of carbonyl (C=O) groups is 2. The molecule has 0 unspecified atom stereocenters. The Morgan fingerprint density at radius 2 is 1.96 bits per heavy atom. The molecule has 0 saturated heterocycles. The van der Waals surface area contributed by atoms with Gasteiger partial charge in [-0.05, 0) is 43.0 Å². The fourth-order valence-electron chi connectivity index (χ4n) is 2.21. The van der Waals surface area contributed by atoms with Crippen LogP contribution in [0.5, 0.6) is 5.75 Å². The molecule has 1 aliphatic carbocycles. The third-order valence-corrected chi connectivity index (χ3v) is 3.72. The van der Waals surface area contributed by atoms with Gasteiger partial charge >= 0.3 is 0 Å². The molecule has 6 heteroatoms. The van der Waals surface area contributed by atoms with Crippen LogP contribution in [0.3, 0.4) is 0 Å². The summed E-state index contributed by atoms with van der Waals surface area (Å²) in [6.07, 6.45) is 5.74. The average Bonchev–Trinajstić information content (AvgIpc) is 3.23. The molecule has 126 valence electrons. The summed E-state index contributed by atoms with van der Waals surface area (Å²) in [7, 11) is 0. The number of carbonyl (C=O) groups excluding carboxylic acids is 2. The van der Waals surface area contributed by atoms with E-state index in [4.69, 9.17) is 9.15 Å². The third-order valence-electron chi connectivity index (χ3n) is 3.72. The highest BCUT2D eigenvalue weighted by molar-refractivity contribution is 5.93. The summed E-state index contributed by atoms with van der Waals surface area (Å²) in [5.41, 5.74) is 1.60. The zero-order valence-electron chi connectivity index (χ0n) is 13.3. The van der Waals surface area contributed by atoms with E-state index in [1.165, 1.54) is 12.5 Å². The summed E-state index contributed by atoms with van der Waals surface area (Å²) in [5, 5.41) is 5.70. The van der Waals surface area contributed by atoms with E-state index in [1.54, 1.807) is 6.07 Å². The topological polar surface area (TPSA) is 80.6 Å². The summed E-state index contributed by atoms with van der Waals surface area (Å²) in [6.45, 7) is 0.574. The van der Waals surface area contributed by atoms with E-state index in [9.17, 15) is 9.59 Å². The number of benzene rings is 1. The Bertz CT molecular complexity index is 676. The Morgan fingerprint density at radius 3 is 2.62 bits per heavy atom. The van der Waals surface area contributed by atoms with Crippen LogP contribution in [0, 0.1) is 0 Å². The molecule has 1 heterocycles. The monoisotopic (exact) mass is 328 g/mol. The molecule has 24 heavy (non-hydrogen) atoms. The van der Waals surface area contributed by atoms with E-state index < -0.39 is 0 Å². The van der Waals surface area contributed by atoms with Crippen LogP contribution in [0.2, 0.25) is 0 Å². The van der Waals surface area contributed by atoms with Gasteiger partial charge in [0.05, 0.1) is 11.8 Å². The highest BCUT2D eigenvalue weighted by Gasteiger charge is 2.23. The highest BCUT2D eigenvalue weighted by atomic mass is 16.5. The van der Waals surface area contributed by atoms with Gasteiger partial charge in [-0.1, -0.05) is 12.1 Å². The summed E-state index contributed by atoms with van der Waals surface area (Å²) < 4.78 is 10.3. The standard InChI is InChI=1S/C18H20N2O4/c21-17(20-15-3-4-15)12-24-16-5-1-13(2-6-16)7-9-19-18(22)14-8-10-23-11-14/h1-2,5-6,8,10-11,15H,3-4,7,9,12H2,(H,19,22)(H,20,21). The Kier molecular flexibility index (Phi) is 5.15. The van der Waals surface area contributed by atoms with Crippen LogP contribution in [0.4, 0.5) is 0 Å². The van der Waals surface area contributed by atoms with Crippen molar-refractivity contribution in [2.24, 2.45) is 0 Å². The predicted octanol–water partition coefficient (Wildman–Crippen LogP) is 1.91. The van der Waals surface area contributed by atoms with Crippen molar-refractivity contribution in [3.63, 3.8) is 0 Å². The number of furan rings is 1. The molecule has 6 nitrogen and oxygen atoms in total. The molecule has 1 aromatic heterocycles. The van der Waals surface area contributed by atoms with Crippen molar-refractivity contribution in [2.75, 3.05) is 13.2 Å². The second-order valence-corrected chi connectivity index (χ2v) is 5.79. The van der Waals surface area contributed by atoms with Crippen LogP contribution in [-0.4, -0.2) is 31.0 Å². The first-order chi connectivity index (χ1) is 11.7. The van der Waals surface area contributed by atoms with Crippen LogP contribution in [0.1, 0.15) is 28.8 Å². The normalized spacial score (nSPS) is 13.3. The number of nitrogens with one attached hydrogen (secondary N) is 2. The lowest BCUT2D eigenvalue weighted by atomic mass is 10.1. The largest absolute Gasteiger partial charge is 0.484 e. The van der Waals surface area contributed by atoms with Crippen LogP contribution in [0.25, 0.3) is 0 Å². The van der Waals surface area contributed by atoms with Gasteiger partial charge in [0.25, 0.3) is 11.8 Å². The fraction of sp³-hybridized carbons (Fsp3) is 0.333. The second kappa shape index (κ2) is 7.68. The maximum atomic E-state index is 11.8. The molecule has 1 saturated carbocycles. The van der Waals surface area contributed by atoms with Crippen molar-refractivity contribution in [3.8, 4) is 5.75 Å². The van der Waals surface area contributed by atoms with Crippen molar-refractivity contribution in [3.05, 3.63) is 54.0 Å². The van der Waals surface area contributed by atoms with Gasteiger partial charge in [0, 0.05) is 12.6 Å². The molecule has 2 amide bonds. The third kappa shape index (κ3) is 4.87. The number of rotatable bonds is 8. The molecule has 0 atom stereocenters. The molecular formula is C18H20N2O4. The van der Waals surface area contributed by atoms with Gasteiger partial charge in [0.2, 0.25) is 0 Å². The van der Waals surface area contributed by atoms with Crippen LogP contribution >= 0.6 is 0 Å². The smallest absolute Gasteiger partial charge is 0.258 e. The van der Waals surface area contributed by atoms with Crippen molar-refractivity contribution in [1.29, 1.82) is 0 Å². The number of hydrogen-bond acceptors (Lipinski definition) is 4. The molecular weight excluding hydrogens is 308 g/mol. The number of amides is 2. The van der Waals surface area contributed by atoms with E-state index in [2.05, 4.69) is 10.6 Å². The Balaban J connectivity index is 1.37. The van der Waals surface area contributed by atoms with Crippen LogP contribution in [-0.2, 0) is 11.2 Å². The highest BCUT2D eigenvalue weighted by Crippen LogP contribution is 2.18. The second-order valence-electron chi connectivity index (χ2n) is 5.79. The van der Waals surface area contributed by atoms with E-state index in [0.717, 1.165) is 18.4 Å². The Hall–Kier alpha value is -2.76. The molecule has 0 radical (unpaired) electrons. The molecule has 3 rings (SSSR count). The van der Waals surface area contributed by atoms with Crippen molar-refractivity contribution >= 4 is 11.8 Å². The van der Waals surface area contributed by atoms with E-state index >= 15 is 0 Å². The Morgan fingerprint density at radius 1 is 1.17 bits per heavy atom. The Labute approximate surface area is 140 Å². The maximum Gasteiger partial charge on any atom is 0.258 e. The predicted molar refractivity (Wildman–Crippen MR) is 87.8 cm³/mol. The van der Waals surface area contributed by atoms with Crippen LogP contribution < -0.4 is 15.4 Å². The van der Waals surface area contributed by atoms with E-state index in [-0.39, 0.29) is 18.4 Å². The number of hydrogen-bond donors (Lipinski definition) is 2. The number of ether oxygens (including phenoxy) is 1. The van der Waals surface area contributed by atoms with Gasteiger partial charge in [0.1, 0.15) is 12.0 Å². The SMILES string of the molecule is O=C(COc1ccc(CCNC(=O)c2ccoc2)cc1)NC1CC1. The minimum atomic E-state index is -0.148. The van der Waals surface area contributed by atoms with E-state index in [0.29, 0.717) is 30.3 Å². The van der Waals surface area contributed by atoms with Gasteiger partial charge < -0.3 is 19.8 Å². The van der Waals surface area contributed by atoms with Gasteiger partial charge in [0.15, 0.2) is 6.61 Å². The molecule has 0 bridgehead atoms. The first kappa shape index (κ1) is 16.1. The fourth-order valence-corrected chi connectivity index (χ4v) is 2.21. The van der Waals surface area contributed by atoms with Crippen molar-refractivity contribution in [2.45, 2.75) is 25.3 Å². The lowest BCUT2D eigenvalue weighted by Crippen LogP contribution is -2.30. The zero-order chi connectivity index (χ0) is 16.8. The first-order valence-electron chi connectivity index (χ1n) is 8.02. The molecule has 1 aliphatic rings. The van der Waals surface area contributed by atoms with Gasteiger partial charge in [-0.3, -0.25) is 9.59 Å². The summed E-state index contributed by atoms with van der Waals surface area (Å²) in [4.78, 5) is 23.3. The zero-order valence-corrected chi connectivity index (χ0v) is 13.3. The van der Waals surface area contributed by atoms with Gasteiger partial charge in [-0.25, -0.2) is 0 Å². The molecule has 2 N–H and O–H groups in total. The molecule has 0 spiro atoms. The minimum absolute atomic E-state index is 0.0383. The summed E-state index contributed by atoms with van der Waals surface area (Å²) in [5.74, 6) is 0.432. The van der Waals surface area contributed by atoms with Crippen molar-refractivity contribution in [1.82, 2.24) is 10.6 Å². The molecule has 1 fully saturated rings. The summed E-state index contributed by atoms with van der Waals surface area (Å²) in [6, 6.07) is 9.49. The van der Waals surface area contributed by atoms with E-state index in [1.807, 2.05) is 24.3 Å². The summed E-state index contributed by atoms with van der Waals surface area (Å²) >= 11 is 0. The maximum absolute atomic E-state index is 11.8. The van der Waals surface area contributed by atoms with Crippen LogP contribution in [0.15, 0.2) is 47.3 Å².